The summed E-state index contributed by atoms with van der Waals surface area (Å²) < 4.78 is 47.7. The zero-order valence-corrected chi connectivity index (χ0v) is 38.5. The molecule has 0 aliphatic carbocycles. The molecule has 3 unspecified atom stereocenters. The zero-order valence-electron chi connectivity index (χ0n) is 36.7. The second kappa shape index (κ2) is 41.1. The van der Waals surface area contributed by atoms with Crippen LogP contribution in [0.3, 0.4) is 0 Å². The Morgan fingerprint density at radius 1 is 0.492 bits per heavy atom. The molecule has 0 heterocycles. The van der Waals surface area contributed by atoms with Crippen LogP contribution in [0.4, 0.5) is 0 Å². The van der Waals surface area contributed by atoms with Crippen molar-refractivity contribution in [3.63, 3.8) is 0 Å². The summed E-state index contributed by atoms with van der Waals surface area (Å²) in [4.78, 5) is 52.7. The molecule has 0 aromatic rings. The average Bonchev–Trinajstić information content (AvgIpc) is 3.22. The topological polar surface area (TPSA) is 195 Å². The summed E-state index contributed by atoms with van der Waals surface area (Å²) in [5, 5.41) is 9.74. The lowest BCUT2D eigenvalue weighted by atomic mass is 10.1. The normalized spacial score (nSPS) is 14.9. The van der Waals surface area contributed by atoms with Crippen LogP contribution >= 0.6 is 15.6 Å². The number of hydrogen-bond acceptors (Lipinski definition) is 10. The van der Waals surface area contributed by atoms with E-state index >= 15 is 0 Å². The number of phosphoric ester groups is 2. The van der Waals surface area contributed by atoms with Crippen molar-refractivity contribution < 1.29 is 61.6 Å². The molecule has 348 valence electrons. The Bertz CT molecular complexity index is 1440. The number of aliphatic hydroxyl groups excluding tert-OH is 1. The molecular weight excluding hydrogens is 822 g/mol. The highest BCUT2D eigenvalue weighted by molar-refractivity contribution is 7.47. The van der Waals surface area contributed by atoms with Crippen LogP contribution in [0.5, 0.6) is 0 Å². The van der Waals surface area contributed by atoms with Gasteiger partial charge < -0.3 is 29.3 Å². The van der Waals surface area contributed by atoms with Gasteiger partial charge in [-0.25, -0.2) is 9.13 Å². The van der Waals surface area contributed by atoms with Gasteiger partial charge in [0, 0.05) is 12.8 Å². The maximum Gasteiger partial charge on any atom is 0.472 e. The quantitative estimate of drug-likeness (QED) is 0.0196. The molecule has 0 aliphatic heterocycles. The van der Waals surface area contributed by atoms with Crippen LogP contribution < -0.4 is 0 Å². The Balaban J connectivity index is 4.69. The summed E-state index contributed by atoms with van der Waals surface area (Å²) in [5.41, 5.74) is 0. The molecule has 0 rings (SSSR count). The van der Waals surface area contributed by atoms with Gasteiger partial charge in [0.2, 0.25) is 0 Å². The predicted molar refractivity (Wildman–Crippen MR) is 243 cm³/mol. The van der Waals surface area contributed by atoms with Crippen molar-refractivity contribution in [1.82, 2.24) is 0 Å². The Morgan fingerprint density at radius 2 is 0.934 bits per heavy atom. The lowest BCUT2D eigenvalue weighted by molar-refractivity contribution is -0.161. The summed E-state index contributed by atoms with van der Waals surface area (Å²) in [5.74, 6) is -1.15. The first kappa shape index (κ1) is 58.0. The molecule has 0 aromatic heterocycles. The van der Waals surface area contributed by atoms with E-state index in [1.54, 1.807) is 0 Å². The first-order valence-electron chi connectivity index (χ1n) is 21.9. The number of aliphatic hydroxyl groups is 1. The van der Waals surface area contributed by atoms with Crippen LogP contribution in [0.1, 0.15) is 142 Å². The maximum atomic E-state index is 12.6. The number of esters is 2. The van der Waals surface area contributed by atoms with E-state index in [9.17, 15) is 28.7 Å². The smallest absolute Gasteiger partial charge is 0.462 e. The predicted octanol–water partition coefficient (Wildman–Crippen LogP) is 11.3. The largest absolute Gasteiger partial charge is 0.472 e. The molecule has 0 radical (unpaired) electrons. The number of rotatable bonds is 40. The number of carbonyl (C=O) groups is 2. The molecule has 0 aromatic carbocycles. The fourth-order valence-electron chi connectivity index (χ4n) is 5.17. The van der Waals surface area contributed by atoms with Crippen molar-refractivity contribution in [2.24, 2.45) is 0 Å². The molecule has 3 atom stereocenters. The Hall–Kier alpha value is -2.96. The summed E-state index contributed by atoms with van der Waals surface area (Å²) >= 11 is 0. The van der Waals surface area contributed by atoms with E-state index in [-0.39, 0.29) is 12.8 Å². The Labute approximate surface area is 366 Å². The lowest BCUT2D eigenvalue weighted by Crippen LogP contribution is -2.29. The van der Waals surface area contributed by atoms with E-state index in [1.807, 2.05) is 18.2 Å². The Kier molecular flexibility index (Phi) is 39.1. The summed E-state index contributed by atoms with van der Waals surface area (Å²) in [7, 11) is -9.71. The average molecular weight is 899 g/mol. The fourth-order valence-corrected chi connectivity index (χ4v) is 6.32. The van der Waals surface area contributed by atoms with Crippen molar-refractivity contribution >= 4 is 27.6 Å². The van der Waals surface area contributed by atoms with E-state index in [0.717, 1.165) is 77.0 Å². The number of allylic oxidation sites excluding steroid dienone is 16. The van der Waals surface area contributed by atoms with Gasteiger partial charge in [0.25, 0.3) is 0 Å². The van der Waals surface area contributed by atoms with Gasteiger partial charge >= 0.3 is 27.6 Å². The van der Waals surface area contributed by atoms with Crippen molar-refractivity contribution in [3.8, 4) is 0 Å². The van der Waals surface area contributed by atoms with Gasteiger partial charge in [-0.05, 0) is 83.5 Å². The summed E-state index contributed by atoms with van der Waals surface area (Å²) in [6, 6.07) is 0. The zero-order chi connectivity index (χ0) is 45.1. The van der Waals surface area contributed by atoms with Crippen molar-refractivity contribution in [2.45, 2.75) is 154 Å². The van der Waals surface area contributed by atoms with Crippen LogP contribution in [-0.2, 0) is 41.8 Å². The minimum atomic E-state index is -4.88. The highest BCUT2D eigenvalue weighted by Gasteiger charge is 2.28. The molecule has 4 N–H and O–H groups in total. The molecule has 0 bridgehead atoms. The molecule has 13 nitrogen and oxygen atoms in total. The van der Waals surface area contributed by atoms with Crippen molar-refractivity contribution in [3.05, 3.63) is 97.2 Å². The monoisotopic (exact) mass is 898 g/mol. The molecular formula is C46H76O13P2. The van der Waals surface area contributed by atoms with E-state index in [0.29, 0.717) is 19.3 Å². The number of phosphoric acid groups is 2. The summed E-state index contributed by atoms with van der Waals surface area (Å²) in [6.45, 7) is 1.50. The molecule has 61 heavy (non-hydrogen) atoms. The van der Waals surface area contributed by atoms with Crippen molar-refractivity contribution in [1.29, 1.82) is 0 Å². The second-order valence-electron chi connectivity index (χ2n) is 14.2. The number of ether oxygens (including phenoxy) is 2. The standard InChI is InChI=1S/C46H76O13P2/c1-3-5-7-9-11-13-15-17-19-20-21-22-24-26-28-30-32-34-36-38-46(49)59-44(42-58-61(53,54)57-40-43(47)39-56-60(50,51)52)41-55-45(48)37-35-33-31-29-27-25-23-18-16-14-12-10-8-6-4-2/h5,7,11-14,17-19,21-23,26,28,32,34,43-44,47H,3-4,6,8-10,15-16,20,24-25,27,29-31,33,35-42H2,1-2H3,(H,53,54)(H2,50,51,52). The van der Waals surface area contributed by atoms with E-state index in [2.05, 4.69) is 102 Å². The second-order valence-corrected chi connectivity index (χ2v) is 16.9. The first-order valence-corrected chi connectivity index (χ1v) is 25.0. The minimum Gasteiger partial charge on any atom is -0.462 e. The van der Waals surface area contributed by atoms with Crippen LogP contribution in [0, 0.1) is 0 Å². The minimum absolute atomic E-state index is 0.00235. The van der Waals surface area contributed by atoms with Crippen molar-refractivity contribution in [2.75, 3.05) is 26.4 Å². The third kappa shape index (κ3) is 44.9. The molecule has 15 heteroatoms. The molecule has 0 aliphatic rings. The number of carbonyl (C=O) groups excluding carboxylic acids is 2. The summed E-state index contributed by atoms with van der Waals surface area (Å²) in [6.07, 6.45) is 48.4. The first-order chi connectivity index (χ1) is 29.4. The van der Waals surface area contributed by atoms with Crippen LogP contribution in [0.15, 0.2) is 97.2 Å². The number of unbranched alkanes of at least 4 members (excludes halogenated alkanes) is 8. The highest BCUT2D eigenvalue weighted by atomic mass is 31.2. The van der Waals surface area contributed by atoms with Gasteiger partial charge in [0.15, 0.2) is 6.10 Å². The lowest BCUT2D eigenvalue weighted by Gasteiger charge is -2.20. The molecule has 0 saturated carbocycles. The van der Waals surface area contributed by atoms with E-state index in [1.165, 1.54) is 19.3 Å². The maximum absolute atomic E-state index is 12.6. The molecule has 0 spiro atoms. The van der Waals surface area contributed by atoms with Crippen LogP contribution in [-0.4, -0.2) is 70.4 Å². The van der Waals surface area contributed by atoms with Gasteiger partial charge in [-0.3, -0.25) is 23.2 Å². The van der Waals surface area contributed by atoms with Gasteiger partial charge in [-0.15, -0.1) is 0 Å². The van der Waals surface area contributed by atoms with E-state index < -0.39 is 66.2 Å². The molecule has 0 saturated heterocycles. The van der Waals surface area contributed by atoms with Gasteiger partial charge in [-0.1, -0.05) is 143 Å². The third-order valence-corrected chi connectivity index (χ3v) is 9.90. The van der Waals surface area contributed by atoms with Crippen LogP contribution in [0.2, 0.25) is 0 Å². The van der Waals surface area contributed by atoms with E-state index in [4.69, 9.17) is 23.8 Å². The molecule has 0 amide bonds. The highest BCUT2D eigenvalue weighted by Crippen LogP contribution is 2.43. The van der Waals surface area contributed by atoms with Gasteiger partial charge in [-0.2, -0.15) is 0 Å². The number of hydrogen-bond donors (Lipinski definition) is 4. The van der Waals surface area contributed by atoms with Gasteiger partial charge in [0.05, 0.1) is 19.8 Å². The van der Waals surface area contributed by atoms with Crippen LogP contribution in [0.25, 0.3) is 0 Å². The molecule has 0 fully saturated rings. The third-order valence-electron chi connectivity index (χ3n) is 8.46. The van der Waals surface area contributed by atoms with Gasteiger partial charge in [0.1, 0.15) is 12.7 Å². The fraction of sp³-hybridized carbons (Fsp3) is 0.609. The SMILES string of the molecule is CCC=CCC=CCC=CCC=CCC=CCC=CCCC(=O)OC(COC(=O)CCCCCCCC=CCC=CCCCCC)COP(=O)(O)OCC(O)COP(=O)(O)O. The Morgan fingerprint density at radius 3 is 1.46 bits per heavy atom.